The smallest absolute Gasteiger partial charge is 0.303 e. The van der Waals surface area contributed by atoms with Crippen molar-refractivity contribution in [3.8, 4) is 0 Å². The lowest BCUT2D eigenvalue weighted by molar-refractivity contribution is -0.228. The molecule has 122 valence electrons. The van der Waals surface area contributed by atoms with Gasteiger partial charge in [-0.25, -0.2) is 0 Å². The number of methoxy groups -OCH3 is 1. The Morgan fingerprint density at radius 2 is 1.62 bits per heavy atom. The van der Waals surface area contributed by atoms with Gasteiger partial charge in [-0.2, -0.15) is 0 Å². The molecule has 0 aromatic rings. The zero-order valence-corrected chi connectivity index (χ0v) is 14.0. The van der Waals surface area contributed by atoms with Crippen LogP contribution < -0.4 is 0 Å². The van der Waals surface area contributed by atoms with Crippen molar-refractivity contribution in [2.75, 3.05) is 12.9 Å². The second-order valence-electron chi connectivity index (χ2n) is 4.75. The van der Waals surface area contributed by atoms with Crippen LogP contribution in [0.2, 0.25) is 0 Å². The van der Waals surface area contributed by atoms with Gasteiger partial charge in [0.05, 0.1) is 6.10 Å². The van der Waals surface area contributed by atoms with Gasteiger partial charge < -0.3 is 18.9 Å². The summed E-state index contributed by atoms with van der Waals surface area (Å²) in [6.45, 7) is 6.63. The minimum absolute atomic E-state index is 0.283. The Bertz CT molecular complexity index is 361. The van der Waals surface area contributed by atoms with Gasteiger partial charge >= 0.3 is 11.9 Å². The van der Waals surface area contributed by atoms with Gasteiger partial charge in [0.25, 0.3) is 0 Å². The van der Waals surface area contributed by atoms with Crippen molar-refractivity contribution < 1.29 is 28.5 Å². The van der Waals surface area contributed by atoms with Crippen molar-refractivity contribution in [1.82, 2.24) is 0 Å². The number of hydrogen-bond acceptors (Lipinski definition) is 7. The summed E-state index contributed by atoms with van der Waals surface area (Å²) < 4.78 is 22.2. The molecule has 0 radical (unpaired) electrons. The van der Waals surface area contributed by atoms with Crippen molar-refractivity contribution >= 4 is 23.7 Å². The minimum atomic E-state index is -0.607. The van der Waals surface area contributed by atoms with E-state index in [0.29, 0.717) is 6.42 Å². The van der Waals surface area contributed by atoms with Crippen LogP contribution in [0.15, 0.2) is 0 Å². The maximum Gasteiger partial charge on any atom is 0.303 e. The van der Waals surface area contributed by atoms with Crippen LogP contribution in [0, 0.1) is 0 Å². The number of hydrogen-bond donors (Lipinski definition) is 0. The molecule has 1 saturated heterocycles. The monoisotopic (exact) mass is 320 g/mol. The summed E-state index contributed by atoms with van der Waals surface area (Å²) in [5.41, 5.74) is -0.333. The lowest BCUT2D eigenvalue weighted by Crippen LogP contribution is -2.59. The molecule has 1 rings (SSSR count). The molecule has 0 N–H and O–H groups in total. The third-order valence-electron chi connectivity index (χ3n) is 3.20. The quantitative estimate of drug-likeness (QED) is 0.690. The normalized spacial score (nSPS) is 32.5. The summed E-state index contributed by atoms with van der Waals surface area (Å²) in [6.07, 6.45) is -1.35. The van der Waals surface area contributed by atoms with E-state index in [1.165, 1.54) is 21.0 Å². The molecule has 21 heavy (non-hydrogen) atoms. The van der Waals surface area contributed by atoms with Gasteiger partial charge in [0, 0.05) is 21.0 Å². The fraction of sp³-hybridized carbons (Fsp3) is 0.857. The molecule has 0 saturated carbocycles. The molecule has 0 aromatic carbocycles. The summed E-state index contributed by atoms with van der Waals surface area (Å²) in [6, 6.07) is 0. The highest BCUT2D eigenvalue weighted by molar-refractivity contribution is 7.99. The standard InChI is InChI=1S/C14H24O6S/c1-6-10-11(18-8(3)15)12(17-5)13(19-9(4)16)14(20-10)21-7-2/h10-14H,6-7H2,1-5H3/t10?,11-,12-,13?,14?/m1/s1. The van der Waals surface area contributed by atoms with Gasteiger partial charge in [0.15, 0.2) is 12.2 Å². The first-order valence-electron chi connectivity index (χ1n) is 7.08. The van der Waals surface area contributed by atoms with Crippen LogP contribution in [0.4, 0.5) is 0 Å². The van der Waals surface area contributed by atoms with Gasteiger partial charge in [-0.1, -0.05) is 13.8 Å². The van der Waals surface area contributed by atoms with E-state index in [4.69, 9.17) is 18.9 Å². The first-order chi connectivity index (χ1) is 9.94. The fourth-order valence-electron chi connectivity index (χ4n) is 2.42. The lowest BCUT2D eigenvalue weighted by atomic mass is 9.97. The Morgan fingerprint density at radius 3 is 2.05 bits per heavy atom. The number of thioether (sulfide) groups is 1. The predicted molar refractivity (Wildman–Crippen MR) is 79.0 cm³/mol. The summed E-state index contributed by atoms with van der Waals surface area (Å²) in [7, 11) is 1.52. The molecule has 6 nitrogen and oxygen atoms in total. The van der Waals surface area contributed by atoms with Crippen molar-refractivity contribution in [3.63, 3.8) is 0 Å². The Morgan fingerprint density at radius 1 is 1.05 bits per heavy atom. The molecule has 1 aliphatic rings. The van der Waals surface area contributed by atoms with Crippen LogP contribution >= 0.6 is 11.8 Å². The molecule has 0 aromatic heterocycles. The summed E-state index contributed by atoms with van der Waals surface area (Å²) in [5.74, 6) is -0.00998. The average Bonchev–Trinajstić information content (AvgIpc) is 2.40. The highest BCUT2D eigenvalue weighted by Crippen LogP contribution is 2.34. The first-order valence-corrected chi connectivity index (χ1v) is 8.13. The molecular formula is C14H24O6S. The molecular weight excluding hydrogens is 296 g/mol. The molecule has 0 amide bonds. The maximum absolute atomic E-state index is 11.4. The molecule has 0 spiro atoms. The van der Waals surface area contributed by atoms with Crippen LogP contribution in [-0.4, -0.2) is 54.7 Å². The molecule has 5 atom stereocenters. The fourth-order valence-corrected chi connectivity index (χ4v) is 3.37. The van der Waals surface area contributed by atoms with Crippen molar-refractivity contribution in [2.45, 2.75) is 64.0 Å². The molecule has 3 unspecified atom stereocenters. The zero-order chi connectivity index (χ0) is 16.0. The van der Waals surface area contributed by atoms with E-state index in [-0.39, 0.29) is 11.5 Å². The molecule has 1 fully saturated rings. The Hall–Kier alpha value is -0.790. The maximum atomic E-state index is 11.4. The lowest BCUT2D eigenvalue weighted by Gasteiger charge is -2.44. The van der Waals surface area contributed by atoms with E-state index in [2.05, 4.69) is 0 Å². The van der Waals surface area contributed by atoms with Gasteiger partial charge in [-0.15, -0.1) is 11.8 Å². The zero-order valence-electron chi connectivity index (χ0n) is 13.2. The average molecular weight is 320 g/mol. The second kappa shape index (κ2) is 8.60. The van der Waals surface area contributed by atoms with E-state index in [1.54, 1.807) is 11.8 Å². The SMILES string of the molecule is CCSC1OC(CC)[C@@H](OC(C)=O)[C@@H](OC)C1OC(C)=O. The van der Waals surface area contributed by atoms with Crippen LogP contribution in [0.3, 0.4) is 0 Å². The van der Waals surface area contributed by atoms with Crippen LogP contribution in [-0.2, 0) is 28.5 Å². The van der Waals surface area contributed by atoms with E-state index in [9.17, 15) is 9.59 Å². The Kier molecular flexibility index (Phi) is 7.48. The molecule has 1 heterocycles. The van der Waals surface area contributed by atoms with Crippen molar-refractivity contribution in [1.29, 1.82) is 0 Å². The summed E-state index contributed by atoms with van der Waals surface area (Å²) >= 11 is 1.54. The van der Waals surface area contributed by atoms with Gasteiger partial charge in [0.1, 0.15) is 11.5 Å². The highest BCUT2D eigenvalue weighted by Gasteiger charge is 2.49. The number of ether oxygens (including phenoxy) is 4. The molecule has 1 aliphatic heterocycles. The van der Waals surface area contributed by atoms with E-state index >= 15 is 0 Å². The first kappa shape index (κ1) is 18.3. The molecule has 0 bridgehead atoms. The van der Waals surface area contributed by atoms with Crippen molar-refractivity contribution in [3.05, 3.63) is 0 Å². The number of esters is 2. The third kappa shape index (κ3) is 4.86. The number of carbonyl (C=O) groups is 2. The van der Waals surface area contributed by atoms with Gasteiger partial charge in [-0.3, -0.25) is 9.59 Å². The van der Waals surface area contributed by atoms with Crippen molar-refractivity contribution in [2.24, 2.45) is 0 Å². The Balaban J connectivity index is 3.03. The summed E-state index contributed by atoms with van der Waals surface area (Å²) in [4.78, 5) is 22.7. The summed E-state index contributed by atoms with van der Waals surface area (Å²) in [5, 5.41) is 0. The number of rotatable bonds is 6. The Labute approximate surface area is 129 Å². The van der Waals surface area contributed by atoms with E-state index in [0.717, 1.165) is 5.75 Å². The van der Waals surface area contributed by atoms with E-state index in [1.807, 2.05) is 13.8 Å². The van der Waals surface area contributed by atoms with E-state index < -0.39 is 30.3 Å². The minimum Gasteiger partial charge on any atom is -0.457 e. The third-order valence-corrected chi connectivity index (χ3v) is 4.24. The van der Waals surface area contributed by atoms with Crippen LogP contribution in [0.1, 0.15) is 34.1 Å². The van der Waals surface area contributed by atoms with Crippen LogP contribution in [0.5, 0.6) is 0 Å². The molecule has 0 aliphatic carbocycles. The largest absolute Gasteiger partial charge is 0.457 e. The predicted octanol–water partition coefficient (Wildman–Crippen LogP) is 1.75. The van der Waals surface area contributed by atoms with Gasteiger partial charge in [-0.05, 0) is 12.2 Å². The molecule has 7 heteroatoms. The number of carbonyl (C=O) groups excluding carboxylic acids is 2. The second-order valence-corrected chi connectivity index (χ2v) is 6.13. The van der Waals surface area contributed by atoms with Crippen LogP contribution in [0.25, 0.3) is 0 Å². The highest BCUT2D eigenvalue weighted by atomic mass is 32.2. The van der Waals surface area contributed by atoms with Gasteiger partial charge in [0.2, 0.25) is 0 Å². The topological polar surface area (TPSA) is 71.1 Å².